The minimum Gasteiger partial charge on any atom is -0.0622 e. The summed E-state index contributed by atoms with van der Waals surface area (Å²) in [6.07, 6.45) is 1.14. The molecule has 0 spiro atoms. The molecular formula is C21H18. The SMILES string of the molecule is c1ccc(C2Cc3ccccc3C2c2ccccc2)cc1. The lowest BCUT2D eigenvalue weighted by atomic mass is 9.82. The van der Waals surface area contributed by atoms with Crippen LogP contribution in [0.5, 0.6) is 0 Å². The summed E-state index contributed by atoms with van der Waals surface area (Å²) in [5.41, 5.74) is 5.87. The highest BCUT2D eigenvalue weighted by Crippen LogP contribution is 2.47. The van der Waals surface area contributed by atoms with Gasteiger partial charge in [-0.1, -0.05) is 84.9 Å². The van der Waals surface area contributed by atoms with Crippen LogP contribution in [-0.2, 0) is 6.42 Å². The van der Waals surface area contributed by atoms with Gasteiger partial charge < -0.3 is 0 Å². The Hall–Kier alpha value is -2.34. The number of benzene rings is 3. The van der Waals surface area contributed by atoms with Crippen molar-refractivity contribution in [1.82, 2.24) is 0 Å². The topological polar surface area (TPSA) is 0 Å². The van der Waals surface area contributed by atoms with Gasteiger partial charge in [0.25, 0.3) is 0 Å². The zero-order valence-electron chi connectivity index (χ0n) is 11.9. The molecule has 102 valence electrons. The van der Waals surface area contributed by atoms with Crippen molar-refractivity contribution in [3.63, 3.8) is 0 Å². The van der Waals surface area contributed by atoms with Crippen molar-refractivity contribution in [3.05, 3.63) is 107 Å². The van der Waals surface area contributed by atoms with Crippen LogP contribution in [-0.4, -0.2) is 0 Å². The Morgan fingerprint density at radius 3 is 1.86 bits per heavy atom. The molecule has 0 heterocycles. The van der Waals surface area contributed by atoms with Gasteiger partial charge in [0.05, 0.1) is 0 Å². The van der Waals surface area contributed by atoms with Crippen LogP contribution in [0.4, 0.5) is 0 Å². The van der Waals surface area contributed by atoms with Crippen molar-refractivity contribution < 1.29 is 0 Å². The highest BCUT2D eigenvalue weighted by Gasteiger charge is 2.33. The number of rotatable bonds is 2. The first-order valence-corrected chi connectivity index (χ1v) is 7.61. The van der Waals surface area contributed by atoms with Crippen molar-refractivity contribution in [2.75, 3.05) is 0 Å². The van der Waals surface area contributed by atoms with Gasteiger partial charge in [0.15, 0.2) is 0 Å². The fraction of sp³-hybridized carbons (Fsp3) is 0.143. The Morgan fingerprint density at radius 1 is 0.571 bits per heavy atom. The monoisotopic (exact) mass is 270 g/mol. The van der Waals surface area contributed by atoms with E-state index in [0.717, 1.165) is 6.42 Å². The van der Waals surface area contributed by atoms with E-state index >= 15 is 0 Å². The maximum absolute atomic E-state index is 2.30. The van der Waals surface area contributed by atoms with Gasteiger partial charge in [-0.15, -0.1) is 0 Å². The Labute approximate surface area is 126 Å². The molecule has 0 heteroatoms. The summed E-state index contributed by atoms with van der Waals surface area (Å²) >= 11 is 0. The average molecular weight is 270 g/mol. The lowest BCUT2D eigenvalue weighted by molar-refractivity contribution is 0.657. The van der Waals surface area contributed by atoms with E-state index in [4.69, 9.17) is 0 Å². The van der Waals surface area contributed by atoms with Crippen LogP contribution in [0.15, 0.2) is 84.9 Å². The Morgan fingerprint density at radius 2 is 1.14 bits per heavy atom. The Bertz CT molecular complexity index is 728. The zero-order valence-corrected chi connectivity index (χ0v) is 11.9. The van der Waals surface area contributed by atoms with Crippen LogP contribution in [0.25, 0.3) is 0 Å². The third kappa shape index (κ3) is 2.17. The number of hydrogen-bond donors (Lipinski definition) is 0. The summed E-state index contributed by atoms with van der Waals surface area (Å²) in [5.74, 6) is 1.02. The quantitative estimate of drug-likeness (QED) is 0.603. The summed E-state index contributed by atoms with van der Waals surface area (Å²) in [4.78, 5) is 0. The van der Waals surface area contributed by atoms with Crippen LogP contribution in [0.1, 0.15) is 34.1 Å². The van der Waals surface area contributed by atoms with Gasteiger partial charge in [-0.25, -0.2) is 0 Å². The van der Waals surface area contributed by atoms with E-state index in [1.807, 2.05) is 0 Å². The molecule has 2 unspecified atom stereocenters. The van der Waals surface area contributed by atoms with Crippen LogP contribution in [0.2, 0.25) is 0 Å². The van der Waals surface area contributed by atoms with E-state index in [1.54, 1.807) is 0 Å². The molecular weight excluding hydrogens is 252 g/mol. The van der Waals surface area contributed by atoms with Gasteiger partial charge in [-0.2, -0.15) is 0 Å². The van der Waals surface area contributed by atoms with E-state index in [2.05, 4.69) is 84.9 Å². The third-order valence-corrected chi connectivity index (χ3v) is 4.62. The van der Waals surface area contributed by atoms with E-state index in [9.17, 15) is 0 Å². The molecule has 21 heavy (non-hydrogen) atoms. The summed E-state index contributed by atoms with van der Waals surface area (Å²) in [7, 11) is 0. The van der Waals surface area contributed by atoms with Gasteiger partial charge in [0.1, 0.15) is 0 Å². The van der Waals surface area contributed by atoms with E-state index in [1.165, 1.54) is 22.3 Å². The van der Waals surface area contributed by atoms with Crippen LogP contribution >= 0.6 is 0 Å². The lowest BCUT2D eigenvalue weighted by Gasteiger charge is -2.21. The maximum Gasteiger partial charge on any atom is 0.0164 e. The molecule has 0 fully saturated rings. The van der Waals surface area contributed by atoms with Crippen LogP contribution < -0.4 is 0 Å². The second-order valence-electron chi connectivity index (χ2n) is 5.81. The predicted molar refractivity (Wildman–Crippen MR) is 87.6 cm³/mol. The molecule has 4 rings (SSSR count). The standard InChI is InChI=1S/C21H18/c1-3-9-16(10-4-1)20-15-18-13-7-8-14-19(18)21(20)17-11-5-2-6-12-17/h1-14,20-21H,15H2. The first kappa shape index (κ1) is 12.4. The molecule has 0 saturated heterocycles. The Balaban J connectivity index is 1.85. The fourth-order valence-electron chi connectivity index (χ4n) is 3.68. The number of fused-ring (bicyclic) bond motifs is 1. The van der Waals surface area contributed by atoms with Gasteiger partial charge in [-0.05, 0) is 34.6 Å². The van der Waals surface area contributed by atoms with Gasteiger partial charge >= 0.3 is 0 Å². The van der Waals surface area contributed by atoms with E-state index in [-0.39, 0.29) is 0 Å². The predicted octanol–water partition coefficient (Wildman–Crippen LogP) is 5.16. The van der Waals surface area contributed by atoms with Gasteiger partial charge in [0.2, 0.25) is 0 Å². The number of hydrogen-bond acceptors (Lipinski definition) is 0. The smallest absolute Gasteiger partial charge is 0.0164 e. The molecule has 1 aliphatic rings. The second kappa shape index (κ2) is 5.21. The summed E-state index contributed by atoms with van der Waals surface area (Å²) in [6.45, 7) is 0. The van der Waals surface area contributed by atoms with Crippen LogP contribution in [0.3, 0.4) is 0 Å². The molecule has 0 aliphatic heterocycles. The zero-order chi connectivity index (χ0) is 14.1. The first-order valence-electron chi connectivity index (χ1n) is 7.61. The average Bonchev–Trinajstić information content (AvgIpc) is 2.96. The third-order valence-electron chi connectivity index (χ3n) is 4.62. The second-order valence-corrected chi connectivity index (χ2v) is 5.81. The normalized spacial score (nSPS) is 20.2. The van der Waals surface area contributed by atoms with Crippen molar-refractivity contribution in [3.8, 4) is 0 Å². The molecule has 0 amide bonds. The molecule has 2 atom stereocenters. The fourth-order valence-corrected chi connectivity index (χ4v) is 3.68. The largest absolute Gasteiger partial charge is 0.0622 e. The minimum atomic E-state index is 0.477. The molecule has 3 aromatic rings. The molecule has 0 radical (unpaired) electrons. The summed E-state index contributed by atoms with van der Waals surface area (Å²) in [6, 6.07) is 30.8. The van der Waals surface area contributed by atoms with Gasteiger partial charge in [0, 0.05) is 5.92 Å². The molecule has 0 aromatic heterocycles. The van der Waals surface area contributed by atoms with Crippen molar-refractivity contribution >= 4 is 0 Å². The van der Waals surface area contributed by atoms with E-state index in [0.29, 0.717) is 11.8 Å². The molecule has 1 aliphatic carbocycles. The highest BCUT2D eigenvalue weighted by atomic mass is 14.4. The van der Waals surface area contributed by atoms with Crippen LogP contribution in [0, 0.1) is 0 Å². The van der Waals surface area contributed by atoms with Crippen molar-refractivity contribution in [1.29, 1.82) is 0 Å². The Kier molecular flexibility index (Phi) is 3.08. The molecule has 3 aromatic carbocycles. The first-order chi connectivity index (χ1) is 10.4. The lowest BCUT2D eigenvalue weighted by Crippen LogP contribution is -2.07. The van der Waals surface area contributed by atoms with Crippen molar-refractivity contribution in [2.45, 2.75) is 18.3 Å². The molecule has 0 nitrogen and oxygen atoms in total. The van der Waals surface area contributed by atoms with E-state index < -0.39 is 0 Å². The highest BCUT2D eigenvalue weighted by molar-refractivity contribution is 5.47. The molecule has 0 bridgehead atoms. The van der Waals surface area contributed by atoms with Gasteiger partial charge in [-0.3, -0.25) is 0 Å². The van der Waals surface area contributed by atoms with Crippen molar-refractivity contribution in [2.24, 2.45) is 0 Å². The summed E-state index contributed by atoms with van der Waals surface area (Å²) < 4.78 is 0. The molecule has 0 N–H and O–H groups in total. The molecule has 0 saturated carbocycles. The minimum absolute atomic E-state index is 0.477. The maximum atomic E-state index is 2.30. The summed E-state index contributed by atoms with van der Waals surface area (Å²) in [5, 5.41) is 0.